The van der Waals surface area contributed by atoms with Crippen molar-refractivity contribution in [3.8, 4) is 67.5 Å². The molecule has 262 valence electrons. The molecule has 3 heterocycles. The maximum absolute atomic E-state index is 6.71. The molecule has 8 aromatic carbocycles. The van der Waals surface area contributed by atoms with E-state index in [0.717, 1.165) is 60.9 Å². The van der Waals surface area contributed by atoms with Gasteiger partial charge in [0.05, 0.1) is 0 Å². The van der Waals surface area contributed by atoms with Gasteiger partial charge in [0.2, 0.25) is 0 Å². The van der Waals surface area contributed by atoms with Crippen molar-refractivity contribution in [1.82, 2.24) is 15.0 Å². The molecule has 11 aromatic rings. The van der Waals surface area contributed by atoms with Gasteiger partial charge in [0.1, 0.15) is 11.2 Å². The molecule has 0 spiro atoms. The SMILES string of the molecule is c1ccc(-c2ccc3c(c2)sc2c(-c4cc(-c5cccc(-c6nc(-c7ccccc7)nc(-c7ccccc7)n6)c5)cc5c4oc4ccccc45)cccc23)cc1. The van der Waals surface area contributed by atoms with E-state index in [9.17, 15) is 0 Å². The molecule has 0 fully saturated rings. The highest BCUT2D eigenvalue weighted by Gasteiger charge is 2.20. The lowest BCUT2D eigenvalue weighted by molar-refractivity contribution is 0.670. The summed E-state index contributed by atoms with van der Waals surface area (Å²) >= 11 is 1.84. The maximum Gasteiger partial charge on any atom is 0.164 e. The molecule has 0 amide bonds. The largest absolute Gasteiger partial charge is 0.455 e. The van der Waals surface area contributed by atoms with Crippen LogP contribution in [-0.4, -0.2) is 15.0 Å². The highest BCUT2D eigenvalue weighted by molar-refractivity contribution is 7.26. The Bertz CT molecular complexity index is 3180. The van der Waals surface area contributed by atoms with Gasteiger partial charge < -0.3 is 4.42 Å². The van der Waals surface area contributed by atoms with E-state index in [1.54, 1.807) is 0 Å². The van der Waals surface area contributed by atoms with Crippen LogP contribution in [0.4, 0.5) is 0 Å². The minimum absolute atomic E-state index is 0.625. The van der Waals surface area contributed by atoms with Crippen LogP contribution < -0.4 is 0 Å². The van der Waals surface area contributed by atoms with Crippen LogP contribution in [0.2, 0.25) is 0 Å². The van der Waals surface area contributed by atoms with Crippen LogP contribution in [0.5, 0.6) is 0 Å². The highest BCUT2D eigenvalue weighted by Crippen LogP contribution is 2.46. The average molecular weight is 734 g/mol. The van der Waals surface area contributed by atoms with Crippen molar-refractivity contribution in [2.75, 3.05) is 0 Å². The smallest absolute Gasteiger partial charge is 0.164 e. The van der Waals surface area contributed by atoms with Gasteiger partial charge in [-0.25, -0.2) is 15.0 Å². The molecule has 4 nitrogen and oxygen atoms in total. The van der Waals surface area contributed by atoms with Gasteiger partial charge >= 0.3 is 0 Å². The Kier molecular flexibility index (Phi) is 7.64. The summed E-state index contributed by atoms with van der Waals surface area (Å²) in [5.41, 5.74) is 11.4. The number of hydrogen-bond donors (Lipinski definition) is 0. The molecule has 11 rings (SSSR count). The zero-order chi connectivity index (χ0) is 37.0. The van der Waals surface area contributed by atoms with Crippen molar-refractivity contribution in [2.24, 2.45) is 0 Å². The molecule has 0 aliphatic carbocycles. The fraction of sp³-hybridized carbons (Fsp3) is 0. The third-order valence-electron chi connectivity index (χ3n) is 10.5. The second-order valence-electron chi connectivity index (χ2n) is 14.0. The quantitative estimate of drug-likeness (QED) is 0.171. The predicted octanol–water partition coefficient (Wildman–Crippen LogP) is 14.1. The number of aromatic nitrogens is 3. The number of para-hydroxylation sites is 1. The number of thiophene rings is 1. The van der Waals surface area contributed by atoms with Crippen molar-refractivity contribution in [3.05, 3.63) is 188 Å². The Balaban J connectivity index is 1.10. The topological polar surface area (TPSA) is 51.8 Å². The Morgan fingerprint density at radius 2 is 0.911 bits per heavy atom. The Morgan fingerprint density at radius 1 is 0.339 bits per heavy atom. The van der Waals surface area contributed by atoms with E-state index in [4.69, 9.17) is 19.4 Å². The zero-order valence-corrected chi connectivity index (χ0v) is 30.9. The normalized spacial score (nSPS) is 11.6. The first-order chi connectivity index (χ1) is 27.7. The van der Waals surface area contributed by atoms with Gasteiger partial charge in [0.25, 0.3) is 0 Å². The number of rotatable bonds is 6. The molecule has 56 heavy (non-hydrogen) atoms. The van der Waals surface area contributed by atoms with Crippen molar-refractivity contribution in [1.29, 1.82) is 0 Å². The second-order valence-corrected chi connectivity index (χ2v) is 15.0. The van der Waals surface area contributed by atoms with Crippen LogP contribution in [0.3, 0.4) is 0 Å². The summed E-state index contributed by atoms with van der Waals surface area (Å²) in [5.74, 6) is 1.90. The molecule has 0 unspecified atom stereocenters. The first kappa shape index (κ1) is 32.2. The molecule has 0 N–H and O–H groups in total. The van der Waals surface area contributed by atoms with E-state index in [1.807, 2.05) is 78.1 Å². The zero-order valence-electron chi connectivity index (χ0n) is 30.1. The van der Waals surface area contributed by atoms with Crippen LogP contribution in [0.15, 0.2) is 192 Å². The van der Waals surface area contributed by atoms with E-state index >= 15 is 0 Å². The number of nitrogens with zero attached hydrogens (tertiary/aromatic N) is 3. The number of benzene rings is 8. The minimum atomic E-state index is 0.625. The fourth-order valence-electron chi connectivity index (χ4n) is 7.79. The molecular weight excluding hydrogens is 703 g/mol. The molecule has 0 radical (unpaired) electrons. The van der Waals surface area contributed by atoms with Gasteiger partial charge in [-0.1, -0.05) is 158 Å². The third kappa shape index (κ3) is 5.56. The molecule has 0 aliphatic heterocycles. The first-order valence-corrected chi connectivity index (χ1v) is 19.5. The monoisotopic (exact) mass is 733 g/mol. The molecule has 3 aromatic heterocycles. The molecule has 0 aliphatic rings. The fourth-order valence-corrected chi connectivity index (χ4v) is 9.06. The van der Waals surface area contributed by atoms with Gasteiger partial charge in [-0.3, -0.25) is 0 Å². The molecule has 0 atom stereocenters. The third-order valence-corrected chi connectivity index (χ3v) is 11.7. The van der Waals surface area contributed by atoms with Crippen molar-refractivity contribution < 1.29 is 4.42 Å². The number of furan rings is 1. The summed E-state index contributed by atoms with van der Waals surface area (Å²) in [6.07, 6.45) is 0. The van der Waals surface area contributed by atoms with E-state index in [2.05, 4.69) is 121 Å². The summed E-state index contributed by atoms with van der Waals surface area (Å²) in [4.78, 5) is 15.0. The van der Waals surface area contributed by atoms with Gasteiger partial charge in [-0.05, 0) is 52.6 Å². The van der Waals surface area contributed by atoms with E-state index < -0.39 is 0 Å². The molecule has 0 saturated heterocycles. The summed E-state index contributed by atoms with van der Waals surface area (Å²) in [5, 5.41) is 4.69. The van der Waals surface area contributed by atoms with Crippen molar-refractivity contribution in [3.63, 3.8) is 0 Å². The summed E-state index contributed by atoms with van der Waals surface area (Å²) in [6, 6.07) is 65.7. The van der Waals surface area contributed by atoms with Gasteiger partial charge in [0.15, 0.2) is 17.5 Å². The molecule has 0 bridgehead atoms. The molecule has 5 heteroatoms. The van der Waals surface area contributed by atoms with Gasteiger partial charge in [0, 0.05) is 58.8 Å². The Hall–Kier alpha value is -7.21. The van der Waals surface area contributed by atoms with E-state index in [-0.39, 0.29) is 0 Å². The van der Waals surface area contributed by atoms with Crippen molar-refractivity contribution >= 4 is 53.4 Å². The van der Waals surface area contributed by atoms with Crippen LogP contribution in [0.25, 0.3) is 110 Å². The van der Waals surface area contributed by atoms with Crippen LogP contribution in [0, 0.1) is 0 Å². The van der Waals surface area contributed by atoms with Crippen molar-refractivity contribution in [2.45, 2.75) is 0 Å². The maximum atomic E-state index is 6.71. The van der Waals surface area contributed by atoms with Gasteiger partial charge in [-0.2, -0.15) is 0 Å². The van der Waals surface area contributed by atoms with Gasteiger partial charge in [-0.15, -0.1) is 11.3 Å². The van der Waals surface area contributed by atoms with E-state index in [0.29, 0.717) is 17.5 Å². The Morgan fingerprint density at radius 3 is 1.64 bits per heavy atom. The Labute approximate surface area is 327 Å². The lowest BCUT2D eigenvalue weighted by Gasteiger charge is -2.11. The summed E-state index contributed by atoms with van der Waals surface area (Å²) < 4.78 is 9.22. The highest BCUT2D eigenvalue weighted by atomic mass is 32.1. The summed E-state index contributed by atoms with van der Waals surface area (Å²) in [7, 11) is 0. The number of fused-ring (bicyclic) bond motifs is 6. The standard InChI is InChI=1S/C51H31N3OS/c1-4-14-32(15-5-1)36-26-27-40-41-23-13-24-42(48(41)56-46(40)31-36)44-30-38(29-43-39-22-10-11-25-45(39)55-47(43)44)35-20-12-21-37(28-35)51-53-49(33-16-6-2-7-17-33)52-50(54-51)34-18-8-3-9-19-34/h1-31H. The van der Waals surface area contributed by atoms with Crippen LogP contribution in [-0.2, 0) is 0 Å². The lowest BCUT2D eigenvalue weighted by Crippen LogP contribution is -2.00. The first-order valence-electron chi connectivity index (χ1n) is 18.7. The molecule has 0 saturated carbocycles. The van der Waals surface area contributed by atoms with Crippen LogP contribution in [0.1, 0.15) is 0 Å². The predicted molar refractivity (Wildman–Crippen MR) is 233 cm³/mol. The second kappa shape index (κ2) is 13.3. The molecular formula is C51H31N3OS. The summed E-state index contributed by atoms with van der Waals surface area (Å²) in [6.45, 7) is 0. The van der Waals surface area contributed by atoms with Crippen LogP contribution >= 0.6 is 11.3 Å². The van der Waals surface area contributed by atoms with E-state index in [1.165, 1.54) is 31.3 Å². The minimum Gasteiger partial charge on any atom is -0.455 e. The average Bonchev–Trinajstić information content (AvgIpc) is 3.85. The lowest BCUT2D eigenvalue weighted by atomic mass is 9.94. The number of hydrogen-bond acceptors (Lipinski definition) is 5.